The van der Waals surface area contributed by atoms with Gasteiger partial charge in [0.1, 0.15) is 0 Å². The Morgan fingerprint density at radius 2 is 2.19 bits per heavy atom. The molecule has 16 heavy (non-hydrogen) atoms. The van der Waals surface area contributed by atoms with E-state index >= 15 is 0 Å². The molecule has 0 unspecified atom stereocenters. The van der Waals surface area contributed by atoms with E-state index in [1.165, 1.54) is 0 Å². The Hall–Kier alpha value is -0.750. The Balaban J connectivity index is 2.18. The SMILES string of the molecule is N[C@H]1CN(CCCCC(=O)O)CCC1(F)F. The summed E-state index contributed by atoms with van der Waals surface area (Å²) in [5.74, 6) is -3.57. The number of unbranched alkanes of at least 4 members (excludes halogenated alkanes) is 1. The van der Waals surface area contributed by atoms with Crippen LogP contribution in [0.4, 0.5) is 8.78 Å². The number of likely N-dealkylation sites (tertiary alicyclic amines) is 1. The maximum atomic E-state index is 13.0. The van der Waals surface area contributed by atoms with E-state index < -0.39 is 17.9 Å². The number of hydrogen-bond donors (Lipinski definition) is 2. The lowest BCUT2D eigenvalue weighted by Gasteiger charge is -2.36. The van der Waals surface area contributed by atoms with Crippen LogP contribution in [0.1, 0.15) is 25.7 Å². The molecule has 0 radical (unpaired) electrons. The van der Waals surface area contributed by atoms with E-state index in [0.717, 1.165) is 0 Å². The van der Waals surface area contributed by atoms with Crippen molar-refractivity contribution in [1.82, 2.24) is 4.90 Å². The highest BCUT2D eigenvalue weighted by Crippen LogP contribution is 2.26. The molecule has 0 bridgehead atoms. The van der Waals surface area contributed by atoms with Crippen LogP contribution in [0, 0.1) is 0 Å². The molecule has 1 atom stereocenters. The van der Waals surface area contributed by atoms with Crippen LogP contribution in [0.25, 0.3) is 0 Å². The van der Waals surface area contributed by atoms with Crippen molar-refractivity contribution in [2.75, 3.05) is 19.6 Å². The van der Waals surface area contributed by atoms with Gasteiger partial charge in [-0.25, -0.2) is 8.78 Å². The van der Waals surface area contributed by atoms with Crippen molar-refractivity contribution < 1.29 is 18.7 Å². The molecular formula is C10H18F2N2O2. The highest BCUT2D eigenvalue weighted by Gasteiger charge is 2.41. The molecule has 1 saturated heterocycles. The number of aliphatic carboxylic acids is 1. The van der Waals surface area contributed by atoms with Crippen LogP contribution in [0.2, 0.25) is 0 Å². The van der Waals surface area contributed by atoms with Gasteiger partial charge < -0.3 is 15.7 Å². The minimum atomic E-state index is -2.75. The third-order valence-electron chi connectivity index (χ3n) is 2.87. The van der Waals surface area contributed by atoms with Crippen LogP contribution in [0.5, 0.6) is 0 Å². The Labute approximate surface area is 93.4 Å². The Morgan fingerprint density at radius 3 is 2.75 bits per heavy atom. The summed E-state index contributed by atoms with van der Waals surface area (Å²) >= 11 is 0. The van der Waals surface area contributed by atoms with Gasteiger partial charge in [0.2, 0.25) is 0 Å². The number of carboxylic acids is 1. The summed E-state index contributed by atoms with van der Waals surface area (Å²) in [6, 6.07) is -1.10. The molecule has 6 heteroatoms. The predicted octanol–water partition coefficient (Wildman–Crippen LogP) is 0.910. The number of piperidine rings is 1. The van der Waals surface area contributed by atoms with Crippen molar-refractivity contribution in [2.24, 2.45) is 5.73 Å². The van der Waals surface area contributed by atoms with Crippen LogP contribution in [0.3, 0.4) is 0 Å². The third-order valence-corrected chi connectivity index (χ3v) is 2.87. The molecule has 0 spiro atoms. The van der Waals surface area contributed by atoms with Crippen LogP contribution < -0.4 is 5.73 Å². The zero-order valence-electron chi connectivity index (χ0n) is 9.16. The van der Waals surface area contributed by atoms with Crippen LogP contribution >= 0.6 is 0 Å². The fraction of sp³-hybridized carbons (Fsp3) is 0.900. The quantitative estimate of drug-likeness (QED) is 0.696. The molecule has 0 aromatic heterocycles. The molecule has 1 fully saturated rings. The average molecular weight is 236 g/mol. The normalized spacial score (nSPS) is 25.6. The van der Waals surface area contributed by atoms with Gasteiger partial charge in [0.05, 0.1) is 6.04 Å². The maximum Gasteiger partial charge on any atom is 0.303 e. The summed E-state index contributed by atoms with van der Waals surface area (Å²) in [4.78, 5) is 12.1. The topological polar surface area (TPSA) is 66.6 Å². The molecule has 0 aliphatic carbocycles. The van der Waals surface area contributed by atoms with Crippen molar-refractivity contribution in [3.05, 3.63) is 0 Å². The zero-order valence-corrected chi connectivity index (χ0v) is 9.16. The first-order valence-corrected chi connectivity index (χ1v) is 5.49. The van der Waals surface area contributed by atoms with Gasteiger partial charge in [-0.1, -0.05) is 0 Å². The second-order valence-electron chi connectivity index (χ2n) is 4.27. The molecule has 4 nitrogen and oxygen atoms in total. The molecule has 0 aromatic carbocycles. The minimum absolute atomic E-state index is 0.135. The fourth-order valence-electron chi connectivity index (χ4n) is 1.81. The highest BCUT2D eigenvalue weighted by atomic mass is 19.3. The zero-order chi connectivity index (χ0) is 12.2. The van der Waals surface area contributed by atoms with Gasteiger partial charge in [0, 0.05) is 25.9 Å². The van der Waals surface area contributed by atoms with Crippen molar-refractivity contribution in [3.63, 3.8) is 0 Å². The monoisotopic (exact) mass is 236 g/mol. The van der Waals surface area contributed by atoms with Gasteiger partial charge >= 0.3 is 5.97 Å². The summed E-state index contributed by atoms with van der Waals surface area (Å²) < 4.78 is 26.1. The number of nitrogens with two attached hydrogens (primary N) is 1. The van der Waals surface area contributed by atoms with E-state index in [0.29, 0.717) is 25.9 Å². The Morgan fingerprint density at radius 1 is 1.50 bits per heavy atom. The van der Waals surface area contributed by atoms with Crippen molar-refractivity contribution >= 4 is 5.97 Å². The van der Waals surface area contributed by atoms with Crippen LogP contribution in [0.15, 0.2) is 0 Å². The van der Waals surface area contributed by atoms with E-state index in [-0.39, 0.29) is 19.4 Å². The van der Waals surface area contributed by atoms with Gasteiger partial charge in [0.25, 0.3) is 5.92 Å². The van der Waals surface area contributed by atoms with E-state index in [2.05, 4.69) is 0 Å². The number of rotatable bonds is 5. The summed E-state index contributed by atoms with van der Waals surface area (Å²) in [7, 11) is 0. The lowest BCUT2D eigenvalue weighted by atomic mass is 10.0. The Bertz CT molecular complexity index is 249. The second-order valence-corrected chi connectivity index (χ2v) is 4.27. The van der Waals surface area contributed by atoms with Gasteiger partial charge in [-0.05, 0) is 19.4 Å². The Kier molecular flexibility index (Phi) is 4.61. The molecule has 1 aliphatic heterocycles. The first kappa shape index (κ1) is 13.3. The van der Waals surface area contributed by atoms with Crippen LogP contribution in [-0.4, -0.2) is 47.6 Å². The van der Waals surface area contributed by atoms with Crippen molar-refractivity contribution in [1.29, 1.82) is 0 Å². The third kappa shape index (κ3) is 4.02. The summed E-state index contributed by atoms with van der Waals surface area (Å²) in [6.45, 7) is 1.19. The average Bonchev–Trinajstić information content (AvgIpc) is 2.18. The van der Waals surface area contributed by atoms with Gasteiger partial charge in [-0.2, -0.15) is 0 Å². The molecule has 0 aromatic rings. The molecule has 3 N–H and O–H groups in total. The second kappa shape index (κ2) is 5.54. The van der Waals surface area contributed by atoms with Crippen LogP contribution in [-0.2, 0) is 4.79 Å². The number of hydrogen-bond acceptors (Lipinski definition) is 3. The smallest absolute Gasteiger partial charge is 0.303 e. The standard InChI is InChI=1S/C10H18F2N2O2/c11-10(12)4-6-14(7-8(10)13)5-2-1-3-9(15)16/h8H,1-7,13H2,(H,15,16)/t8-/m0/s1. The van der Waals surface area contributed by atoms with Gasteiger partial charge in [-0.15, -0.1) is 0 Å². The molecule has 0 amide bonds. The fourth-order valence-corrected chi connectivity index (χ4v) is 1.81. The molecular weight excluding hydrogens is 218 g/mol. The number of halogens is 2. The van der Waals surface area contributed by atoms with Gasteiger partial charge in [-0.3, -0.25) is 4.79 Å². The number of alkyl halides is 2. The first-order valence-electron chi connectivity index (χ1n) is 5.49. The van der Waals surface area contributed by atoms with Gasteiger partial charge in [0.15, 0.2) is 0 Å². The predicted molar refractivity (Wildman–Crippen MR) is 55.5 cm³/mol. The molecule has 94 valence electrons. The minimum Gasteiger partial charge on any atom is -0.481 e. The number of nitrogens with zero attached hydrogens (tertiary/aromatic N) is 1. The summed E-state index contributed by atoms with van der Waals surface area (Å²) in [5, 5.41) is 8.43. The summed E-state index contributed by atoms with van der Waals surface area (Å²) in [5.41, 5.74) is 5.37. The summed E-state index contributed by atoms with van der Waals surface area (Å²) in [6.07, 6.45) is 1.23. The molecule has 1 heterocycles. The van der Waals surface area contributed by atoms with Crippen molar-refractivity contribution in [3.8, 4) is 0 Å². The lowest BCUT2D eigenvalue weighted by molar-refractivity contribution is -0.137. The highest BCUT2D eigenvalue weighted by molar-refractivity contribution is 5.66. The lowest BCUT2D eigenvalue weighted by Crippen LogP contribution is -2.55. The van der Waals surface area contributed by atoms with E-state index in [1.54, 1.807) is 0 Å². The van der Waals surface area contributed by atoms with E-state index in [4.69, 9.17) is 10.8 Å². The van der Waals surface area contributed by atoms with E-state index in [1.807, 2.05) is 4.90 Å². The molecule has 1 aliphatic rings. The largest absolute Gasteiger partial charge is 0.481 e. The van der Waals surface area contributed by atoms with E-state index in [9.17, 15) is 13.6 Å². The first-order chi connectivity index (χ1) is 7.42. The number of carboxylic acid groups (broad SMARTS) is 1. The number of carbonyl (C=O) groups is 1. The molecule has 0 saturated carbocycles. The van der Waals surface area contributed by atoms with Crippen molar-refractivity contribution in [2.45, 2.75) is 37.6 Å². The molecule has 1 rings (SSSR count). The maximum absolute atomic E-state index is 13.0.